The van der Waals surface area contributed by atoms with E-state index in [0.29, 0.717) is 17.6 Å². The molecular formula is C15H27N5OS. The molecule has 1 aromatic heterocycles. The topological polar surface area (TPSA) is 72.7 Å². The van der Waals surface area contributed by atoms with E-state index >= 15 is 0 Å². The zero-order valence-corrected chi connectivity index (χ0v) is 14.4. The average molecular weight is 325 g/mol. The van der Waals surface area contributed by atoms with Gasteiger partial charge >= 0.3 is 0 Å². The van der Waals surface area contributed by atoms with Crippen molar-refractivity contribution in [3.05, 3.63) is 5.82 Å². The minimum Gasteiger partial charge on any atom is -0.356 e. The first-order valence-electron chi connectivity index (χ1n) is 8.28. The van der Waals surface area contributed by atoms with Gasteiger partial charge in [-0.25, -0.2) is 4.68 Å². The molecule has 0 saturated heterocycles. The van der Waals surface area contributed by atoms with Crippen molar-refractivity contribution in [2.75, 3.05) is 6.54 Å². The lowest BCUT2D eigenvalue weighted by Crippen LogP contribution is -2.31. The summed E-state index contributed by atoms with van der Waals surface area (Å²) in [6.45, 7) is 2.98. The van der Waals surface area contributed by atoms with E-state index in [1.54, 1.807) is 16.4 Å². The van der Waals surface area contributed by atoms with Gasteiger partial charge in [0, 0.05) is 25.3 Å². The van der Waals surface area contributed by atoms with Gasteiger partial charge in [0.25, 0.3) is 0 Å². The number of nitrogens with zero attached hydrogens (tertiary/aromatic N) is 4. The van der Waals surface area contributed by atoms with Gasteiger partial charge in [-0.05, 0) is 35.6 Å². The van der Waals surface area contributed by atoms with E-state index < -0.39 is 0 Å². The van der Waals surface area contributed by atoms with Crippen molar-refractivity contribution in [2.24, 2.45) is 13.0 Å². The Morgan fingerprint density at radius 2 is 2.18 bits per heavy atom. The number of aryl methyl sites for hydroxylation is 1. The molecule has 1 fully saturated rings. The number of nitrogens with one attached hydrogen (secondary N) is 1. The number of aromatic nitrogens is 4. The van der Waals surface area contributed by atoms with Crippen LogP contribution in [0.3, 0.4) is 0 Å². The second-order valence-corrected chi connectivity index (χ2v) is 7.36. The van der Waals surface area contributed by atoms with Gasteiger partial charge in [0.2, 0.25) is 5.91 Å². The first kappa shape index (κ1) is 17.2. The largest absolute Gasteiger partial charge is 0.356 e. The lowest BCUT2D eigenvalue weighted by molar-refractivity contribution is -0.121. The maximum absolute atomic E-state index is 12.1. The lowest BCUT2D eigenvalue weighted by Gasteiger charge is -2.22. The van der Waals surface area contributed by atoms with E-state index in [-0.39, 0.29) is 5.91 Å². The highest BCUT2D eigenvalue weighted by atomic mass is 32.2. The molecule has 6 nitrogen and oxygen atoms in total. The molecule has 0 aliphatic heterocycles. The van der Waals surface area contributed by atoms with Gasteiger partial charge < -0.3 is 5.32 Å². The Morgan fingerprint density at radius 3 is 2.82 bits per heavy atom. The minimum absolute atomic E-state index is 0.181. The standard InChI is InChI=1S/C15H27N5OS/c1-3-13(22-11-14-17-18-19-20(14)2)9-15(21)16-10-12-7-5-4-6-8-12/h12-13H,3-11H2,1-2H3,(H,16,21). The van der Waals surface area contributed by atoms with Crippen LogP contribution in [0.1, 0.15) is 57.7 Å². The molecule has 1 amide bonds. The molecule has 1 unspecified atom stereocenters. The summed E-state index contributed by atoms with van der Waals surface area (Å²) in [6, 6.07) is 0. The molecule has 1 aliphatic rings. The number of carbonyl (C=O) groups is 1. The smallest absolute Gasteiger partial charge is 0.221 e. The van der Waals surface area contributed by atoms with Gasteiger partial charge in [-0.1, -0.05) is 26.2 Å². The number of hydrogen-bond donors (Lipinski definition) is 1. The molecule has 1 N–H and O–H groups in total. The van der Waals surface area contributed by atoms with Crippen LogP contribution in [0.15, 0.2) is 0 Å². The second kappa shape index (κ2) is 9.12. The fraction of sp³-hybridized carbons (Fsp3) is 0.867. The average Bonchev–Trinajstić information content (AvgIpc) is 2.95. The third-order valence-corrected chi connectivity index (χ3v) is 5.73. The molecular weight excluding hydrogens is 298 g/mol. The first-order valence-corrected chi connectivity index (χ1v) is 9.33. The van der Waals surface area contributed by atoms with Crippen molar-refractivity contribution in [1.29, 1.82) is 0 Å². The summed E-state index contributed by atoms with van der Waals surface area (Å²) in [6.07, 6.45) is 8.10. The van der Waals surface area contributed by atoms with E-state index in [2.05, 4.69) is 27.8 Å². The molecule has 0 aromatic carbocycles. The van der Waals surface area contributed by atoms with Gasteiger partial charge in [0.15, 0.2) is 5.82 Å². The molecule has 1 saturated carbocycles. The first-order chi connectivity index (χ1) is 10.7. The van der Waals surface area contributed by atoms with Crippen molar-refractivity contribution >= 4 is 17.7 Å². The Kier molecular flexibility index (Phi) is 7.15. The zero-order chi connectivity index (χ0) is 15.8. The van der Waals surface area contributed by atoms with Crippen LogP contribution < -0.4 is 5.32 Å². The third-order valence-electron chi connectivity index (χ3n) is 4.34. The molecule has 0 spiro atoms. The summed E-state index contributed by atoms with van der Waals surface area (Å²) >= 11 is 1.76. The number of tetrazole rings is 1. The summed E-state index contributed by atoms with van der Waals surface area (Å²) < 4.78 is 1.68. The van der Waals surface area contributed by atoms with Crippen molar-refractivity contribution in [2.45, 2.75) is 62.9 Å². The minimum atomic E-state index is 0.181. The Morgan fingerprint density at radius 1 is 1.41 bits per heavy atom. The van der Waals surface area contributed by atoms with Gasteiger partial charge in [-0.3, -0.25) is 4.79 Å². The summed E-state index contributed by atoms with van der Waals surface area (Å²) in [5.41, 5.74) is 0. The van der Waals surface area contributed by atoms with E-state index in [1.165, 1.54) is 32.1 Å². The molecule has 0 bridgehead atoms. The molecule has 1 atom stereocenters. The zero-order valence-electron chi connectivity index (χ0n) is 13.6. The van der Waals surface area contributed by atoms with Crippen LogP contribution in [-0.4, -0.2) is 37.9 Å². The number of carbonyl (C=O) groups excluding carboxylic acids is 1. The van der Waals surface area contributed by atoms with E-state index in [4.69, 9.17) is 0 Å². The molecule has 2 rings (SSSR count). The van der Waals surface area contributed by atoms with Crippen LogP contribution in [0.2, 0.25) is 0 Å². The van der Waals surface area contributed by atoms with Crippen LogP contribution in [0.5, 0.6) is 0 Å². The highest BCUT2D eigenvalue weighted by Crippen LogP contribution is 2.24. The summed E-state index contributed by atoms with van der Waals surface area (Å²) in [5, 5.41) is 14.9. The lowest BCUT2D eigenvalue weighted by atomic mass is 9.89. The van der Waals surface area contributed by atoms with E-state index in [1.807, 2.05) is 7.05 Å². The predicted octanol–water partition coefficient (Wildman–Crippen LogP) is 2.31. The molecule has 1 aliphatic carbocycles. The Balaban J connectivity index is 1.67. The van der Waals surface area contributed by atoms with Gasteiger partial charge in [-0.15, -0.1) is 16.9 Å². The number of amides is 1. The van der Waals surface area contributed by atoms with Crippen LogP contribution in [0.25, 0.3) is 0 Å². The van der Waals surface area contributed by atoms with E-state index in [9.17, 15) is 4.79 Å². The van der Waals surface area contributed by atoms with Crippen molar-refractivity contribution in [1.82, 2.24) is 25.5 Å². The third kappa shape index (κ3) is 5.59. The molecule has 0 radical (unpaired) electrons. The normalized spacial score (nSPS) is 17.4. The van der Waals surface area contributed by atoms with Crippen LogP contribution in [0.4, 0.5) is 0 Å². The van der Waals surface area contributed by atoms with Crippen molar-refractivity contribution in [3.8, 4) is 0 Å². The quantitative estimate of drug-likeness (QED) is 0.794. The van der Waals surface area contributed by atoms with Gasteiger partial charge in [0.1, 0.15) is 0 Å². The van der Waals surface area contributed by atoms with Gasteiger partial charge in [-0.2, -0.15) is 0 Å². The van der Waals surface area contributed by atoms with Crippen LogP contribution >= 0.6 is 11.8 Å². The maximum atomic E-state index is 12.1. The highest BCUT2D eigenvalue weighted by molar-refractivity contribution is 7.99. The highest BCUT2D eigenvalue weighted by Gasteiger charge is 2.17. The number of hydrogen-bond acceptors (Lipinski definition) is 5. The Bertz CT molecular complexity index is 459. The summed E-state index contributed by atoms with van der Waals surface area (Å²) in [7, 11) is 1.84. The summed E-state index contributed by atoms with van der Waals surface area (Å²) in [5.74, 6) is 2.47. The molecule has 22 heavy (non-hydrogen) atoms. The Labute approximate surface area is 136 Å². The number of thioether (sulfide) groups is 1. The fourth-order valence-electron chi connectivity index (χ4n) is 2.81. The predicted molar refractivity (Wildman–Crippen MR) is 88.4 cm³/mol. The van der Waals surface area contributed by atoms with Gasteiger partial charge in [0.05, 0.1) is 5.75 Å². The molecule has 1 heterocycles. The monoisotopic (exact) mass is 325 g/mol. The van der Waals surface area contributed by atoms with Crippen LogP contribution in [-0.2, 0) is 17.6 Å². The van der Waals surface area contributed by atoms with Crippen molar-refractivity contribution < 1.29 is 4.79 Å². The fourth-order valence-corrected chi connectivity index (χ4v) is 3.95. The molecule has 124 valence electrons. The van der Waals surface area contributed by atoms with Crippen LogP contribution in [0, 0.1) is 5.92 Å². The Hall–Kier alpha value is -1.11. The second-order valence-electron chi connectivity index (χ2n) is 6.07. The SMILES string of the molecule is CCC(CC(=O)NCC1CCCCC1)SCc1nnnn1C. The van der Waals surface area contributed by atoms with Crippen molar-refractivity contribution in [3.63, 3.8) is 0 Å². The van der Waals surface area contributed by atoms with E-state index in [0.717, 1.165) is 24.5 Å². The maximum Gasteiger partial charge on any atom is 0.221 e. The molecule has 1 aromatic rings. The molecule has 7 heteroatoms. The number of rotatable bonds is 8. The summed E-state index contributed by atoms with van der Waals surface area (Å²) in [4.78, 5) is 12.1.